The van der Waals surface area contributed by atoms with E-state index in [0.29, 0.717) is 12.8 Å². The minimum atomic E-state index is -4.31. The molecule has 0 aromatic carbocycles. The molecule has 0 spiro atoms. The number of hydrogen-bond donors (Lipinski definition) is 1. The van der Waals surface area contributed by atoms with Gasteiger partial charge in [0.05, 0.1) is 6.61 Å². The van der Waals surface area contributed by atoms with Crippen molar-refractivity contribution in [2.45, 2.75) is 57.9 Å². The van der Waals surface area contributed by atoms with Gasteiger partial charge in [-0.3, -0.25) is 4.90 Å². The summed E-state index contributed by atoms with van der Waals surface area (Å²) in [5.74, 6) is 0. The van der Waals surface area contributed by atoms with Gasteiger partial charge < -0.3 is 10.5 Å². The normalized spacial score (nSPS) is 17.8. The molecule has 0 fully saturated rings. The van der Waals surface area contributed by atoms with E-state index in [1.54, 1.807) is 13.8 Å². The zero-order chi connectivity index (χ0) is 14.3. The monoisotopic (exact) mass is 270 g/mol. The molecule has 3 nitrogen and oxygen atoms in total. The fourth-order valence-corrected chi connectivity index (χ4v) is 1.96. The molecule has 6 heteroatoms. The van der Waals surface area contributed by atoms with Gasteiger partial charge in [-0.1, -0.05) is 13.8 Å². The molecule has 0 heterocycles. The van der Waals surface area contributed by atoms with Gasteiger partial charge in [0.15, 0.2) is 0 Å². The number of halogens is 3. The highest BCUT2D eigenvalue weighted by molar-refractivity contribution is 4.89. The summed E-state index contributed by atoms with van der Waals surface area (Å²) in [4.78, 5) is 1.41. The third-order valence-corrected chi connectivity index (χ3v) is 3.28. The molecular weight excluding hydrogens is 245 g/mol. The summed E-state index contributed by atoms with van der Waals surface area (Å²) in [7, 11) is 1.48. The molecule has 0 aliphatic rings. The maximum Gasteiger partial charge on any atom is 0.405 e. The summed E-state index contributed by atoms with van der Waals surface area (Å²) in [5, 5.41) is 0. The van der Waals surface area contributed by atoms with E-state index >= 15 is 0 Å². The molecule has 0 saturated carbocycles. The summed E-state index contributed by atoms with van der Waals surface area (Å²) in [5.41, 5.74) is 5.67. The van der Waals surface area contributed by atoms with Crippen LogP contribution in [0.2, 0.25) is 0 Å². The Hall–Kier alpha value is -0.330. The van der Waals surface area contributed by atoms with Crippen molar-refractivity contribution in [1.29, 1.82) is 0 Å². The Balaban J connectivity index is 5.07. The first-order valence-corrected chi connectivity index (χ1v) is 6.36. The molecule has 0 aromatic rings. The maximum atomic E-state index is 13.2. The van der Waals surface area contributed by atoms with Gasteiger partial charge >= 0.3 is 6.18 Å². The van der Waals surface area contributed by atoms with Gasteiger partial charge in [-0.25, -0.2) is 0 Å². The second kappa shape index (κ2) is 7.96. The summed E-state index contributed by atoms with van der Waals surface area (Å²) < 4.78 is 44.4. The third-order valence-electron chi connectivity index (χ3n) is 3.28. The number of nitrogens with two attached hydrogens (primary N) is 1. The summed E-state index contributed by atoms with van der Waals surface area (Å²) in [6.45, 7) is 5.84. The Kier molecular flexibility index (Phi) is 7.82. The van der Waals surface area contributed by atoms with E-state index < -0.39 is 18.3 Å². The van der Waals surface area contributed by atoms with Crippen LogP contribution in [0.3, 0.4) is 0 Å². The Morgan fingerprint density at radius 1 is 1.22 bits per heavy atom. The number of nitrogens with zero attached hydrogens (tertiary/aromatic N) is 1. The highest BCUT2D eigenvalue weighted by Crippen LogP contribution is 2.29. The smallest absolute Gasteiger partial charge is 0.383 e. The maximum absolute atomic E-state index is 13.2. The van der Waals surface area contributed by atoms with Crippen LogP contribution in [0.25, 0.3) is 0 Å². The largest absolute Gasteiger partial charge is 0.405 e. The van der Waals surface area contributed by atoms with Crippen LogP contribution in [0.1, 0.15) is 33.6 Å². The molecule has 0 saturated heterocycles. The van der Waals surface area contributed by atoms with Gasteiger partial charge in [-0.2, -0.15) is 13.2 Å². The number of hydrogen-bond acceptors (Lipinski definition) is 3. The van der Waals surface area contributed by atoms with Crippen molar-refractivity contribution in [3.63, 3.8) is 0 Å². The number of ether oxygens (including phenoxy) is 1. The Morgan fingerprint density at radius 3 is 2.11 bits per heavy atom. The molecule has 0 radical (unpaired) electrons. The van der Waals surface area contributed by atoms with Crippen LogP contribution >= 0.6 is 0 Å². The van der Waals surface area contributed by atoms with Gasteiger partial charge in [0.1, 0.15) is 6.04 Å². The van der Waals surface area contributed by atoms with E-state index in [0.717, 1.165) is 0 Å². The van der Waals surface area contributed by atoms with Crippen LogP contribution in [0, 0.1) is 0 Å². The summed E-state index contributed by atoms with van der Waals surface area (Å²) in [6.07, 6.45) is -3.37. The second-order valence-electron chi connectivity index (χ2n) is 4.55. The first-order chi connectivity index (χ1) is 8.29. The number of alkyl halides is 3. The predicted octanol–water partition coefficient (Wildman–Crippen LogP) is 2.40. The fourth-order valence-electron chi connectivity index (χ4n) is 1.96. The van der Waals surface area contributed by atoms with E-state index in [9.17, 15) is 13.2 Å². The van der Waals surface area contributed by atoms with E-state index in [1.165, 1.54) is 12.0 Å². The fraction of sp³-hybridized carbons (Fsp3) is 1.00. The Bertz CT molecular complexity index is 224. The molecule has 18 heavy (non-hydrogen) atoms. The van der Waals surface area contributed by atoms with Crippen molar-refractivity contribution in [2.24, 2.45) is 5.73 Å². The van der Waals surface area contributed by atoms with Crippen molar-refractivity contribution in [2.75, 3.05) is 20.3 Å². The average Bonchev–Trinajstić information content (AvgIpc) is 2.30. The summed E-state index contributed by atoms with van der Waals surface area (Å²) in [6, 6.07) is -2.69. The van der Waals surface area contributed by atoms with E-state index in [-0.39, 0.29) is 19.2 Å². The standard InChI is InChI=1S/C12H25F3N2O/c1-5-9(3)17(7-8-18-4)11(10(16)6-2)12(13,14)15/h9-11H,5-8,16H2,1-4H3. The Labute approximate surface area is 107 Å². The van der Waals surface area contributed by atoms with E-state index in [4.69, 9.17) is 10.5 Å². The van der Waals surface area contributed by atoms with Crippen LogP contribution in [0.5, 0.6) is 0 Å². The van der Waals surface area contributed by atoms with Gasteiger partial charge in [0.2, 0.25) is 0 Å². The van der Waals surface area contributed by atoms with Crippen molar-refractivity contribution in [3.8, 4) is 0 Å². The molecule has 3 atom stereocenters. The predicted molar refractivity (Wildman–Crippen MR) is 66.4 cm³/mol. The second-order valence-corrected chi connectivity index (χ2v) is 4.55. The zero-order valence-corrected chi connectivity index (χ0v) is 11.6. The topological polar surface area (TPSA) is 38.5 Å². The molecule has 3 unspecified atom stereocenters. The molecule has 0 aromatic heterocycles. The quantitative estimate of drug-likeness (QED) is 0.736. The molecule has 0 bridgehead atoms. The third kappa shape index (κ3) is 5.12. The van der Waals surface area contributed by atoms with Crippen molar-refractivity contribution in [3.05, 3.63) is 0 Å². The van der Waals surface area contributed by atoms with E-state index in [2.05, 4.69) is 0 Å². The molecule has 0 amide bonds. The lowest BCUT2D eigenvalue weighted by molar-refractivity contribution is -0.196. The Morgan fingerprint density at radius 2 is 1.78 bits per heavy atom. The first kappa shape index (κ1) is 17.7. The highest BCUT2D eigenvalue weighted by Gasteiger charge is 2.47. The average molecular weight is 270 g/mol. The number of rotatable bonds is 8. The van der Waals surface area contributed by atoms with Crippen molar-refractivity contribution >= 4 is 0 Å². The SMILES string of the molecule is CCC(N)C(N(CCOC)C(C)CC)C(F)(F)F. The molecule has 2 N–H and O–H groups in total. The molecule has 0 aliphatic heterocycles. The van der Waals surface area contributed by atoms with Gasteiger partial charge in [0, 0.05) is 25.7 Å². The van der Waals surface area contributed by atoms with E-state index in [1.807, 2.05) is 6.92 Å². The van der Waals surface area contributed by atoms with Gasteiger partial charge in [-0.15, -0.1) is 0 Å². The lowest BCUT2D eigenvalue weighted by Gasteiger charge is -2.39. The molecule has 0 rings (SSSR count). The lowest BCUT2D eigenvalue weighted by atomic mass is 10.0. The summed E-state index contributed by atoms with van der Waals surface area (Å²) >= 11 is 0. The van der Waals surface area contributed by atoms with Crippen LogP contribution in [-0.4, -0.2) is 49.5 Å². The van der Waals surface area contributed by atoms with Crippen LogP contribution in [0.15, 0.2) is 0 Å². The van der Waals surface area contributed by atoms with Gasteiger partial charge in [-0.05, 0) is 19.8 Å². The van der Waals surface area contributed by atoms with Crippen molar-refractivity contribution in [1.82, 2.24) is 4.90 Å². The lowest BCUT2D eigenvalue weighted by Crippen LogP contribution is -2.59. The molecular formula is C12H25F3N2O. The zero-order valence-electron chi connectivity index (χ0n) is 11.6. The van der Waals surface area contributed by atoms with Crippen LogP contribution < -0.4 is 5.73 Å². The number of methoxy groups -OCH3 is 1. The minimum absolute atomic E-state index is 0.177. The molecule has 110 valence electrons. The van der Waals surface area contributed by atoms with Crippen molar-refractivity contribution < 1.29 is 17.9 Å². The molecule has 0 aliphatic carbocycles. The van der Waals surface area contributed by atoms with Gasteiger partial charge in [0.25, 0.3) is 0 Å². The van der Waals surface area contributed by atoms with Crippen LogP contribution in [0.4, 0.5) is 13.2 Å². The highest BCUT2D eigenvalue weighted by atomic mass is 19.4. The first-order valence-electron chi connectivity index (χ1n) is 6.36. The minimum Gasteiger partial charge on any atom is -0.383 e. The van der Waals surface area contributed by atoms with Crippen LogP contribution in [-0.2, 0) is 4.74 Å².